The molecule has 13 heavy (non-hydrogen) atoms. The van der Waals surface area contributed by atoms with Crippen LogP contribution in [0.4, 0.5) is 0 Å². The van der Waals surface area contributed by atoms with E-state index in [0.717, 1.165) is 0 Å². The van der Waals surface area contributed by atoms with Crippen molar-refractivity contribution in [3.05, 3.63) is 0 Å². The van der Waals surface area contributed by atoms with Crippen LogP contribution in [-0.2, 0) is 9.59 Å². The molecule has 0 aromatic carbocycles. The fourth-order valence-corrected chi connectivity index (χ4v) is 0. The topological polar surface area (TPSA) is 80.3 Å². The molecule has 4 nitrogen and oxygen atoms in total. The van der Waals surface area contributed by atoms with Gasteiger partial charge in [-0.05, 0) is 13.8 Å². The van der Waals surface area contributed by atoms with E-state index in [1.54, 1.807) is 0 Å². The van der Waals surface area contributed by atoms with E-state index in [9.17, 15) is 19.8 Å². The Labute approximate surface area is 127 Å². The summed E-state index contributed by atoms with van der Waals surface area (Å²) < 4.78 is 0. The molecular weight excluding hydrogens is 344 g/mol. The van der Waals surface area contributed by atoms with Crippen molar-refractivity contribution in [2.24, 2.45) is 0 Å². The van der Waals surface area contributed by atoms with Gasteiger partial charge in [0.05, 0.1) is 22.7 Å². The van der Waals surface area contributed by atoms with Crippen molar-refractivity contribution in [1.29, 1.82) is 0 Å². The average Bonchev–Trinajstić information content (AvgIpc) is 1.88. The van der Waals surface area contributed by atoms with Crippen molar-refractivity contribution < 1.29 is 19.8 Å². The first-order valence-electron chi connectivity index (χ1n) is 2.98. The molecule has 72 valence electrons. The summed E-state index contributed by atoms with van der Waals surface area (Å²) in [6, 6.07) is 0. The molecule has 0 saturated carbocycles. The maximum atomic E-state index is 9.46. The van der Waals surface area contributed by atoms with E-state index >= 15 is 0 Å². The maximum Gasteiger partial charge on any atom is 2.00 e. The van der Waals surface area contributed by atoms with Gasteiger partial charge in [0.15, 0.2) is 0 Å². The first-order chi connectivity index (χ1) is 5.29. The molecule has 0 saturated heterocycles. The fourth-order valence-electron chi connectivity index (χ4n) is 0. The number of carboxylic acid groups (broad SMARTS) is 2. The van der Waals surface area contributed by atoms with Crippen molar-refractivity contribution in [2.45, 2.75) is 24.6 Å². The molecular formula is C6H8BaCl2O4. The molecule has 0 bridgehead atoms. The Morgan fingerprint density at radius 1 is 1.00 bits per heavy atom. The Morgan fingerprint density at radius 2 is 1.08 bits per heavy atom. The maximum absolute atomic E-state index is 9.46. The minimum atomic E-state index is -1.23. The van der Waals surface area contributed by atoms with E-state index in [-0.39, 0.29) is 48.9 Å². The predicted molar refractivity (Wildman–Crippen MR) is 46.4 cm³/mol. The van der Waals surface area contributed by atoms with Gasteiger partial charge in [-0.2, -0.15) is 0 Å². The van der Waals surface area contributed by atoms with Crippen molar-refractivity contribution in [3.63, 3.8) is 0 Å². The molecule has 7 heteroatoms. The van der Waals surface area contributed by atoms with Crippen LogP contribution in [0, 0.1) is 0 Å². The van der Waals surface area contributed by atoms with Crippen LogP contribution in [0.5, 0.6) is 0 Å². The van der Waals surface area contributed by atoms with E-state index in [1.165, 1.54) is 13.8 Å². The minimum absolute atomic E-state index is 0. The summed E-state index contributed by atoms with van der Waals surface area (Å²) in [6.45, 7) is 2.69. The van der Waals surface area contributed by atoms with Gasteiger partial charge in [-0.3, -0.25) is 0 Å². The van der Waals surface area contributed by atoms with Crippen LogP contribution in [-0.4, -0.2) is 71.6 Å². The van der Waals surface area contributed by atoms with Crippen LogP contribution in [0.1, 0.15) is 13.8 Å². The molecule has 0 aliphatic rings. The van der Waals surface area contributed by atoms with Gasteiger partial charge >= 0.3 is 48.9 Å². The summed E-state index contributed by atoms with van der Waals surface area (Å²) in [5.41, 5.74) is 0. The van der Waals surface area contributed by atoms with Crippen LogP contribution in [0.25, 0.3) is 0 Å². The van der Waals surface area contributed by atoms with Crippen LogP contribution in [0.2, 0.25) is 0 Å². The zero-order chi connectivity index (χ0) is 10.3. The Morgan fingerprint density at radius 3 is 1.08 bits per heavy atom. The second-order valence-electron chi connectivity index (χ2n) is 1.87. The van der Waals surface area contributed by atoms with Gasteiger partial charge in [0.1, 0.15) is 0 Å². The van der Waals surface area contributed by atoms with Gasteiger partial charge in [0.2, 0.25) is 0 Å². The van der Waals surface area contributed by atoms with Crippen molar-refractivity contribution >= 4 is 84.0 Å². The van der Waals surface area contributed by atoms with Crippen LogP contribution < -0.4 is 10.2 Å². The van der Waals surface area contributed by atoms with E-state index in [1.807, 2.05) is 0 Å². The number of halogens is 2. The number of hydrogen-bond acceptors (Lipinski definition) is 4. The Bertz CT molecular complexity index is 143. The smallest absolute Gasteiger partial charge is 0.549 e. The largest absolute Gasteiger partial charge is 2.00 e. The minimum Gasteiger partial charge on any atom is -0.549 e. The third-order valence-electron chi connectivity index (χ3n) is 0.650. The van der Waals surface area contributed by atoms with Crippen molar-refractivity contribution in [3.8, 4) is 0 Å². The molecule has 0 aromatic rings. The summed E-state index contributed by atoms with van der Waals surface area (Å²) in [5, 5.41) is 17.2. The molecule has 0 amide bonds. The van der Waals surface area contributed by atoms with E-state index < -0.39 is 22.7 Å². The fraction of sp³-hybridized carbons (Fsp3) is 0.667. The third-order valence-corrected chi connectivity index (χ3v) is 1.01. The number of carbonyl (C=O) groups excluding carboxylic acids is 2. The first-order valence-corrected chi connectivity index (χ1v) is 3.86. The molecule has 0 N–H and O–H groups in total. The molecule has 2 atom stereocenters. The van der Waals surface area contributed by atoms with Gasteiger partial charge in [-0.25, -0.2) is 0 Å². The number of carboxylic acids is 2. The molecule has 0 aliphatic heterocycles. The number of hydrogen-bond donors (Lipinski definition) is 0. The normalized spacial score (nSPS) is 12.6. The van der Waals surface area contributed by atoms with Crippen molar-refractivity contribution in [2.75, 3.05) is 0 Å². The summed E-state index contributed by atoms with van der Waals surface area (Å²) in [7, 11) is 0. The van der Waals surface area contributed by atoms with Crippen molar-refractivity contribution in [1.82, 2.24) is 0 Å². The molecule has 0 rings (SSSR count). The number of carbonyl (C=O) groups is 2. The zero-order valence-corrected chi connectivity index (χ0v) is 13.2. The van der Waals surface area contributed by atoms with Gasteiger partial charge in [-0.15, -0.1) is 23.2 Å². The van der Waals surface area contributed by atoms with E-state index in [0.29, 0.717) is 0 Å². The Hall–Kier alpha value is 1.09. The Kier molecular flexibility index (Phi) is 16.9. The van der Waals surface area contributed by atoms with E-state index in [2.05, 4.69) is 0 Å². The predicted octanol–water partition coefficient (Wildman–Crippen LogP) is -1.65. The molecule has 0 fully saturated rings. The van der Waals surface area contributed by atoms with Crippen LogP contribution in [0.3, 0.4) is 0 Å². The summed E-state index contributed by atoms with van der Waals surface area (Å²) in [4.78, 5) is 18.9. The molecule has 0 heterocycles. The summed E-state index contributed by atoms with van der Waals surface area (Å²) >= 11 is 9.90. The second kappa shape index (κ2) is 11.2. The number of rotatable bonds is 2. The van der Waals surface area contributed by atoms with E-state index in [4.69, 9.17) is 23.2 Å². The quantitative estimate of drug-likeness (QED) is 0.440. The monoisotopic (exact) mass is 352 g/mol. The van der Waals surface area contributed by atoms with Gasteiger partial charge in [0.25, 0.3) is 0 Å². The first kappa shape index (κ1) is 19.6. The molecule has 0 spiro atoms. The summed E-state index contributed by atoms with van der Waals surface area (Å²) in [6.07, 6.45) is 0. The molecule has 0 radical (unpaired) electrons. The average molecular weight is 352 g/mol. The van der Waals surface area contributed by atoms with Crippen LogP contribution >= 0.6 is 23.2 Å². The zero-order valence-electron chi connectivity index (χ0n) is 7.25. The van der Waals surface area contributed by atoms with Gasteiger partial charge < -0.3 is 19.8 Å². The molecule has 0 aromatic heterocycles. The summed E-state index contributed by atoms with van der Waals surface area (Å²) in [5.74, 6) is -2.45. The second-order valence-corrected chi connectivity index (χ2v) is 3.18. The molecule has 0 aliphatic carbocycles. The van der Waals surface area contributed by atoms with Crippen LogP contribution in [0.15, 0.2) is 0 Å². The molecule has 2 unspecified atom stereocenters. The van der Waals surface area contributed by atoms with Gasteiger partial charge in [0, 0.05) is 0 Å². The standard InChI is InChI=1S/2C3H5ClO2.Ba/c2*1-2(4)3(5)6;/h2*2H,1H3,(H,5,6);/q;;+2/p-2. The number of alkyl halides is 2. The van der Waals surface area contributed by atoms with Gasteiger partial charge in [-0.1, -0.05) is 0 Å². The SMILES string of the molecule is CC(Cl)C(=O)[O-].CC(Cl)C(=O)[O-].[Ba+2]. The number of aliphatic carboxylic acids is 2. The third kappa shape index (κ3) is 19.5. The Balaban J connectivity index is -0.000000143.